The lowest BCUT2D eigenvalue weighted by Crippen LogP contribution is -2.48. The van der Waals surface area contributed by atoms with E-state index in [0.29, 0.717) is 18.0 Å². The Morgan fingerprint density at radius 1 is 1.00 bits per heavy atom. The molecule has 0 aliphatic carbocycles. The summed E-state index contributed by atoms with van der Waals surface area (Å²) in [5.74, 6) is -0.181. The summed E-state index contributed by atoms with van der Waals surface area (Å²) in [4.78, 5) is 16.6. The van der Waals surface area contributed by atoms with Gasteiger partial charge in [0.25, 0.3) is 0 Å². The Morgan fingerprint density at radius 3 is 2.31 bits per heavy atom. The first kappa shape index (κ1) is 18.7. The molecule has 2 aromatic rings. The third kappa shape index (κ3) is 5.44. The third-order valence-corrected chi connectivity index (χ3v) is 4.84. The minimum absolute atomic E-state index is 0.0253. The second-order valence-corrected chi connectivity index (χ2v) is 6.89. The molecule has 0 atom stereocenters. The summed E-state index contributed by atoms with van der Waals surface area (Å²) in [5.41, 5.74) is 2.02. The van der Waals surface area contributed by atoms with Crippen molar-refractivity contribution in [3.8, 4) is 0 Å². The summed E-state index contributed by atoms with van der Waals surface area (Å²) >= 11 is 5.85. The molecule has 1 aliphatic rings. The molecule has 138 valence electrons. The Morgan fingerprint density at radius 2 is 1.65 bits per heavy atom. The highest BCUT2D eigenvalue weighted by Gasteiger charge is 2.17. The third-order valence-electron chi connectivity index (χ3n) is 4.59. The predicted octanol–water partition coefficient (Wildman–Crippen LogP) is 2.96. The van der Waals surface area contributed by atoms with Gasteiger partial charge in [-0.3, -0.25) is 9.69 Å². The minimum atomic E-state index is -0.207. The molecule has 1 heterocycles. The quantitative estimate of drug-likeness (QED) is 0.843. The normalized spacial score (nSPS) is 15.1. The van der Waals surface area contributed by atoms with Crippen LogP contribution in [0.15, 0.2) is 48.5 Å². The fourth-order valence-electron chi connectivity index (χ4n) is 3.09. The highest BCUT2D eigenvalue weighted by atomic mass is 35.5. The monoisotopic (exact) mass is 375 g/mol. The zero-order valence-corrected chi connectivity index (χ0v) is 15.4. The molecule has 1 aliphatic heterocycles. The fraction of sp³-hybridized carbons (Fsp3) is 0.350. The number of amides is 1. The molecule has 0 saturated carbocycles. The second kappa shape index (κ2) is 9.01. The molecule has 6 heteroatoms. The number of halogens is 2. The van der Waals surface area contributed by atoms with Gasteiger partial charge in [0.2, 0.25) is 5.91 Å². The van der Waals surface area contributed by atoms with Crippen LogP contribution in [-0.4, -0.2) is 50.1 Å². The standard InChI is InChI=1S/C20H23ClFN3O/c21-17-3-1-16(2-4-17)15-20(26)23-9-10-24-11-13-25(14-12-24)19-7-5-18(22)6-8-19/h1-8H,9-15H2,(H,23,26). The topological polar surface area (TPSA) is 35.6 Å². The Balaban J connectivity index is 1.35. The van der Waals surface area contributed by atoms with E-state index in [0.717, 1.165) is 44.0 Å². The van der Waals surface area contributed by atoms with Crippen molar-refractivity contribution in [3.63, 3.8) is 0 Å². The number of nitrogens with one attached hydrogen (secondary N) is 1. The first-order chi connectivity index (χ1) is 12.6. The Hall–Kier alpha value is -2.11. The average Bonchev–Trinajstić information content (AvgIpc) is 2.65. The van der Waals surface area contributed by atoms with Gasteiger partial charge in [-0.25, -0.2) is 4.39 Å². The predicted molar refractivity (Wildman–Crippen MR) is 103 cm³/mol. The van der Waals surface area contributed by atoms with Crippen LogP contribution in [0, 0.1) is 5.82 Å². The van der Waals surface area contributed by atoms with Crippen LogP contribution >= 0.6 is 11.6 Å². The fourth-order valence-corrected chi connectivity index (χ4v) is 3.21. The Labute approximate surface area is 158 Å². The zero-order valence-electron chi connectivity index (χ0n) is 14.6. The molecule has 4 nitrogen and oxygen atoms in total. The Bertz CT molecular complexity index is 713. The van der Waals surface area contributed by atoms with E-state index in [9.17, 15) is 9.18 Å². The molecule has 1 fully saturated rings. The second-order valence-electron chi connectivity index (χ2n) is 6.46. The van der Waals surface area contributed by atoms with E-state index >= 15 is 0 Å². The van der Waals surface area contributed by atoms with Gasteiger partial charge in [0.15, 0.2) is 0 Å². The smallest absolute Gasteiger partial charge is 0.224 e. The lowest BCUT2D eigenvalue weighted by Gasteiger charge is -2.36. The van der Waals surface area contributed by atoms with Gasteiger partial charge in [0.05, 0.1) is 6.42 Å². The van der Waals surface area contributed by atoms with Crippen LogP contribution in [0.4, 0.5) is 10.1 Å². The molecule has 3 rings (SSSR count). The molecule has 0 bridgehead atoms. The minimum Gasteiger partial charge on any atom is -0.369 e. The van der Waals surface area contributed by atoms with E-state index in [-0.39, 0.29) is 11.7 Å². The van der Waals surface area contributed by atoms with Crippen molar-refractivity contribution in [1.29, 1.82) is 0 Å². The maximum absolute atomic E-state index is 13.0. The van der Waals surface area contributed by atoms with E-state index in [1.54, 1.807) is 12.1 Å². The van der Waals surface area contributed by atoms with Gasteiger partial charge in [0, 0.05) is 50.0 Å². The van der Waals surface area contributed by atoms with Crippen molar-refractivity contribution in [2.75, 3.05) is 44.2 Å². The number of piperazine rings is 1. The van der Waals surface area contributed by atoms with Crippen molar-refractivity contribution in [2.45, 2.75) is 6.42 Å². The summed E-state index contributed by atoms with van der Waals surface area (Å²) in [6.45, 7) is 5.16. The van der Waals surface area contributed by atoms with Crippen molar-refractivity contribution in [2.24, 2.45) is 0 Å². The summed E-state index contributed by atoms with van der Waals surface area (Å²) in [7, 11) is 0. The first-order valence-corrected chi connectivity index (χ1v) is 9.22. The number of carbonyl (C=O) groups is 1. The molecular formula is C20H23ClFN3O. The Kier molecular flexibility index (Phi) is 6.47. The van der Waals surface area contributed by atoms with Crippen LogP contribution in [0.25, 0.3) is 0 Å². The molecule has 1 amide bonds. The number of benzene rings is 2. The van der Waals surface area contributed by atoms with Gasteiger partial charge in [-0.2, -0.15) is 0 Å². The lowest BCUT2D eigenvalue weighted by molar-refractivity contribution is -0.120. The highest BCUT2D eigenvalue weighted by Crippen LogP contribution is 2.16. The summed E-state index contributed by atoms with van der Waals surface area (Å²) in [6, 6.07) is 14.0. The molecule has 1 N–H and O–H groups in total. The van der Waals surface area contributed by atoms with E-state index in [2.05, 4.69) is 15.1 Å². The van der Waals surface area contributed by atoms with Gasteiger partial charge in [-0.15, -0.1) is 0 Å². The van der Waals surface area contributed by atoms with Crippen LogP contribution in [0.2, 0.25) is 5.02 Å². The number of nitrogens with zero attached hydrogens (tertiary/aromatic N) is 2. The number of hydrogen-bond donors (Lipinski definition) is 1. The highest BCUT2D eigenvalue weighted by molar-refractivity contribution is 6.30. The van der Waals surface area contributed by atoms with E-state index in [4.69, 9.17) is 11.6 Å². The molecule has 0 unspecified atom stereocenters. The molecule has 0 aromatic heterocycles. The maximum atomic E-state index is 13.0. The number of hydrogen-bond acceptors (Lipinski definition) is 3. The molecule has 0 radical (unpaired) electrons. The number of carbonyl (C=O) groups excluding carboxylic acids is 1. The van der Waals surface area contributed by atoms with Gasteiger partial charge in [-0.1, -0.05) is 23.7 Å². The molecule has 26 heavy (non-hydrogen) atoms. The van der Waals surface area contributed by atoms with Crippen LogP contribution < -0.4 is 10.2 Å². The number of rotatable bonds is 6. The van der Waals surface area contributed by atoms with Gasteiger partial charge in [0.1, 0.15) is 5.82 Å². The summed E-state index contributed by atoms with van der Waals surface area (Å²) in [6.07, 6.45) is 0.371. The van der Waals surface area contributed by atoms with Crippen molar-refractivity contribution in [3.05, 3.63) is 64.9 Å². The van der Waals surface area contributed by atoms with Crippen LogP contribution in [0.5, 0.6) is 0 Å². The van der Waals surface area contributed by atoms with Crippen LogP contribution in [-0.2, 0) is 11.2 Å². The zero-order chi connectivity index (χ0) is 18.4. The van der Waals surface area contributed by atoms with Crippen LogP contribution in [0.1, 0.15) is 5.56 Å². The largest absolute Gasteiger partial charge is 0.369 e. The molecule has 2 aromatic carbocycles. The van der Waals surface area contributed by atoms with E-state index < -0.39 is 0 Å². The van der Waals surface area contributed by atoms with Crippen molar-refractivity contribution in [1.82, 2.24) is 10.2 Å². The molecule has 1 saturated heterocycles. The van der Waals surface area contributed by atoms with Gasteiger partial charge >= 0.3 is 0 Å². The van der Waals surface area contributed by atoms with Gasteiger partial charge in [-0.05, 0) is 42.0 Å². The van der Waals surface area contributed by atoms with Crippen LogP contribution in [0.3, 0.4) is 0 Å². The van der Waals surface area contributed by atoms with E-state index in [1.165, 1.54) is 12.1 Å². The lowest BCUT2D eigenvalue weighted by atomic mass is 10.1. The van der Waals surface area contributed by atoms with Crippen molar-refractivity contribution < 1.29 is 9.18 Å². The van der Waals surface area contributed by atoms with Crippen molar-refractivity contribution >= 4 is 23.2 Å². The number of anilines is 1. The first-order valence-electron chi connectivity index (χ1n) is 8.84. The van der Waals surface area contributed by atoms with Gasteiger partial charge < -0.3 is 10.2 Å². The summed E-state index contributed by atoms with van der Waals surface area (Å²) < 4.78 is 13.0. The van der Waals surface area contributed by atoms with E-state index in [1.807, 2.05) is 24.3 Å². The molecule has 0 spiro atoms. The molecular weight excluding hydrogens is 353 g/mol. The maximum Gasteiger partial charge on any atom is 0.224 e. The SMILES string of the molecule is O=C(Cc1ccc(Cl)cc1)NCCN1CCN(c2ccc(F)cc2)CC1. The average molecular weight is 376 g/mol. The summed E-state index contributed by atoms with van der Waals surface area (Å²) in [5, 5.41) is 3.65.